The van der Waals surface area contributed by atoms with Crippen LogP contribution in [0.15, 0.2) is 72.8 Å². The van der Waals surface area contributed by atoms with E-state index in [2.05, 4.69) is 5.32 Å². The fourth-order valence-corrected chi connectivity index (χ4v) is 4.93. The number of amides is 2. The van der Waals surface area contributed by atoms with Crippen molar-refractivity contribution in [2.45, 2.75) is 24.8 Å². The molecule has 3 aromatic rings. The molecule has 0 unspecified atom stereocenters. The lowest BCUT2D eigenvalue weighted by Crippen LogP contribution is -2.50. The predicted octanol–water partition coefficient (Wildman–Crippen LogP) is 5.11. The zero-order valence-electron chi connectivity index (χ0n) is 19.7. The Bertz CT molecular complexity index is 1130. The fourth-order valence-electron chi connectivity index (χ4n) is 3.68. The number of hydrogen-bond donors (Lipinski definition) is 1. The van der Waals surface area contributed by atoms with E-state index in [1.165, 1.54) is 17.8 Å². The average molecular weight is 515 g/mol. The Balaban J connectivity index is 1.84. The largest absolute Gasteiger partial charge is 0.497 e. The van der Waals surface area contributed by atoms with Gasteiger partial charge < -0.3 is 15.0 Å². The molecule has 0 bridgehead atoms. The van der Waals surface area contributed by atoms with Gasteiger partial charge in [-0.3, -0.25) is 9.59 Å². The van der Waals surface area contributed by atoms with E-state index in [1.807, 2.05) is 54.6 Å². The highest BCUT2D eigenvalue weighted by molar-refractivity contribution is 7.99. The molecule has 1 N–H and O–H groups in total. The second kappa shape index (κ2) is 13.2. The number of nitrogens with zero attached hydrogens (tertiary/aromatic N) is 1. The molecule has 0 aliphatic carbocycles. The van der Waals surface area contributed by atoms with Crippen molar-refractivity contribution < 1.29 is 18.7 Å². The maximum atomic E-state index is 14.2. The van der Waals surface area contributed by atoms with Gasteiger partial charge in [-0.2, -0.15) is 0 Å². The quantitative estimate of drug-likeness (QED) is 0.386. The highest BCUT2D eigenvalue weighted by Gasteiger charge is 2.29. The van der Waals surface area contributed by atoms with Crippen LogP contribution in [-0.2, 0) is 28.3 Å². The highest BCUT2D eigenvalue weighted by Crippen LogP contribution is 2.25. The number of methoxy groups -OCH3 is 1. The monoisotopic (exact) mass is 514 g/mol. The van der Waals surface area contributed by atoms with Crippen molar-refractivity contribution in [1.29, 1.82) is 0 Å². The fraction of sp³-hybridized carbons (Fsp3) is 0.259. The van der Waals surface area contributed by atoms with Crippen LogP contribution in [0.4, 0.5) is 4.39 Å². The smallest absolute Gasteiger partial charge is 0.242 e. The van der Waals surface area contributed by atoms with Crippen LogP contribution in [0.25, 0.3) is 0 Å². The zero-order valence-corrected chi connectivity index (χ0v) is 21.2. The Morgan fingerprint density at radius 1 is 1.06 bits per heavy atom. The van der Waals surface area contributed by atoms with Crippen LogP contribution < -0.4 is 10.1 Å². The molecule has 8 heteroatoms. The summed E-state index contributed by atoms with van der Waals surface area (Å²) in [6.45, 7) is 0.224. The number of ether oxygens (including phenoxy) is 1. The van der Waals surface area contributed by atoms with Crippen molar-refractivity contribution in [3.8, 4) is 5.75 Å². The molecule has 2 amide bonds. The van der Waals surface area contributed by atoms with E-state index in [4.69, 9.17) is 16.3 Å². The molecular weight excluding hydrogens is 487 g/mol. The van der Waals surface area contributed by atoms with E-state index in [0.29, 0.717) is 22.8 Å². The SMILES string of the molecule is CNC(=O)[C@H](Cc1ccccc1)N(Cc1cccc(OC)c1)C(=O)CSCc1c(F)cccc1Cl. The summed E-state index contributed by atoms with van der Waals surface area (Å²) >= 11 is 7.39. The van der Waals surface area contributed by atoms with Gasteiger partial charge in [-0.1, -0.05) is 60.1 Å². The van der Waals surface area contributed by atoms with Gasteiger partial charge in [-0.15, -0.1) is 11.8 Å². The summed E-state index contributed by atoms with van der Waals surface area (Å²) in [5, 5.41) is 3.02. The van der Waals surface area contributed by atoms with E-state index in [0.717, 1.165) is 11.1 Å². The number of carbonyl (C=O) groups is 2. The summed E-state index contributed by atoms with van der Waals surface area (Å²) in [7, 11) is 3.14. The number of likely N-dealkylation sites (N-methyl/N-ethyl adjacent to an activating group) is 1. The van der Waals surface area contributed by atoms with Crippen molar-refractivity contribution in [3.63, 3.8) is 0 Å². The first-order valence-electron chi connectivity index (χ1n) is 11.1. The lowest BCUT2D eigenvalue weighted by molar-refractivity contribution is -0.139. The predicted molar refractivity (Wildman–Crippen MR) is 139 cm³/mol. The third-order valence-electron chi connectivity index (χ3n) is 5.54. The Kier molecular flexibility index (Phi) is 9.99. The molecule has 0 spiro atoms. The van der Waals surface area contributed by atoms with Gasteiger partial charge in [-0.25, -0.2) is 4.39 Å². The lowest BCUT2D eigenvalue weighted by Gasteiger charge is -2.31. The molecule has 0 saturated carbocycles. The average Bonchev–Trinajstić information content (AvgIpc) is 2.88. The van der Waals surface area contributed by atoms with Crippen molar-refractivity contribution >= 4 is 35.2 Å². The molecule has 0 heterocycles. The lowest BCUT2D eigenvalue weighted by atomic mass is 10.0. The first-order chi connectivity index (χ1) is 16.9. The molecule has 1 atom stereocenters. The molecule has 3 aromatic carbocycles. The highest BCUT2D eigenvalue weighted by atomic mass is 35.5. The number of rotatable bonds is 11. The Morgan fingerprint density at radius 2 is 1.77 bits per heavy atom. The number of hydrogen-bond acceptors (Lipinski definition) is 4. The van der Waals surface area contributed by atoms with Crippen LogP contribution in [0, 0.1) is 5.82 Å². The third-order valence-corrected chi connectivity index (χ3v) is 6.84. The number of carbonyl (C=O) groups excluding carboxylic acids is 2. The first kappa shape index (κ1) is 26.6. The molecule has 35 heavy (non-hydrogen) atoms. The first-order valence-corrected chi connectivity index (χ1v) is 12.6. The number of benzene rings is 3. The van der Waals surface area contributed by atoms with Crippen LogP contribution in [0.2, 0.25) is 5.02 Å². The van der Waals surface area contributed by atoms with E-state index in [9.17, 15) is 14.0 Å². The van der Waals surface area contributed by atoms with E-state index < -0.39 is 11.9 Å². The van der Waals surface area contributed by atoms with E-state index in [1.54, 1.807) is 31.2 Å². The maximum Gasteiger partial charge on any atom is 0.242 e. The molecule has 0 radical (unpaired) electrons. The summed E-state index contributed by atoms with van der Waals surface area (Å²) < 4.78 is 19.5. The summed E-state index contributed by atoms with van der Waals surface area (Å²) in [5.74, 6) is 0.0860. The van der Waals surface area contributed by atoms with E-state index >= 15 is 0 Å². The van der Waals surface area contributed by atoms with Crippen molar-refractivity contribution in [2.24, 2.45) is 0 Å². The minimum absolute atomic E-state index is 0.0664. The van der Waals surface area contributed by atoms with Crippen LogP contribution in [0.1, 0.15) is 16.7 Å². The maximum absolute atomic E-state index is 14.2. The van der Waals surface area contributed by atoms with Gasteiger partial charge in [0.1, 0.15) is 17.6 Å². The molecule has 5 nitrogen and oxygen atoms in total. The minimum atomic E-state index is -0.723. The zero-order chi connectivity index (χ0) is 25.2. The van der Waals surface area contributed by atoms with Gasteiger partial charge in [-0.05, 0) is 35.4 Å². The second-order valence-corrected chi connectivity index (χ2v) is 9.28. The van der Waals surface area contributed by atoms with Crippen LogP contribution in [0.3, 0.4) is 0 Å². The molecule has 0 aliphatic heterocycles. The summed E-state index contributed by atoms with van der Waals surface area (Å²) in [6, 6.07) is 20.8. The van der Waals surface area contributed by atoms with Gasteiger partial charge in [0.05, 0.1) is 12.9 Å². The topological polar surface area (TPSA) is 58.6 Å². The number of halogens is 2. The molecule has 0 aliphatic rings. The minimum Gasteiger partial charge on any atom is -0.497 e. The van der Waals surface area contributed by atoms with Crippen LogP contribution >= 0.6 is 23.4 Å². The summed E-state index contributed by atoms with van der Waals surface area (Å²) in [4.78, 5) is 28.0. The second-order valence-electron chi connectivity index (χ2n) is 7.89. The van der Waals surface area contributed by atoms with E-state index in [-0.39, 0.29) is 29.9 Å². The molecule has 3 rings (SSSR count). The van der Waals surface area contributed by atoms with Crippen LogP contribution in [-0.4, -0.2) is 42.7 Å². The summed E-state index contributed by atoms with van der Waals surface area (Å²) in [5.41, 5.74) is 2.13. The van der Waals surface area contributed by atoms with Gasteiger partial charge in [0.2, 0.25) is 11.8 Å². The van der Waals surface area contributed by atoms with Crippen molar-refractivity contribution in [2.75, 3.05) is 19.9 Å². The van der Waals surface area contributed by atoms with Gasteiger partial charge in [0, 0.05) is 36.4 Å². The molecule has 0 saturated heterocycles. The van der Waals surface area contributed by atoms with Crippen molar-refractivity contribution in [1.82, 2.24) is 10.2 Å². The number of thioether (sulfide) groups is 1. The molecule has 0 fully saturated rings. The molecular formula is C27H28ClFN2O3S. The third kappa shape index (κ3) is 7.47. The number of nitrogens with one attached hydrogen (secondary N) is 1. The van der Waals surface area contributed by atoms with Crippen LogP contribution in [0.5, 0.6) is 5.75 Å². The van der Waals surface area contributed by atoms with Gasteiger partial charge in [0.15, 0.2) is 0 Å². The molecule has 184 valence electrons. The Morgan fingerprint density at radius 3 is 2.46 bits per heavy atom. The van der Waals surface area contributed by atoms with Gasteiger partial charge in [0.25, 0.3) is 0 Å². The summed E-state index contributed by atoms with van der Waals surface area (Å²) in [6.07, 6.45) is 0.361. The normalized spacial score (nSPS) is 11.5. The van der Waals surface area contributed by atoms with Crippen molar-refractivity contribution in [3.05, 3.63) is 100 Å². The molecule has 0 aromatic heterocycles. The van der Waals surface area contributed by atoms with Gasteiger partial charge >= 0.3 is 0 Å². The standard InChI is InChI=1S/C27H28ClFN2O3S/c1-30-27(33)25(15-19-8-4-3-5-9-19)31(16-20-10-6-11-21(14-20)34-2)26(32)18-35-17-22-23(28)12-7-13-24(22)29/h3-14,25H,15-18H2,1-2H3,(H,30,33)/t25-/m0/s1. The Labute approximate surface area is 214 Å². The Hall–Kier alpha value is -3.03.